The van der Waals surface area contributed by atoms with Crippen molar-refractivity contribution in [2.24, 2.45) is 0 Å². The van der Waals surface area contributed by atoms with Crippen LogP contribution in [0.3, 0.4) is 0 Å². The average Bonchev–Trinajstić information content (AvgIpc) is 3.17. The van der Waals surface area contributed by atoms with Crippen molar-refractivity contribution in [1.29, 1.82) is 0 Å². The summed E-state index contributed by atoms with van der Waals surface area (Å²) in [7, 11) is 1.54. The van der Waals surface area contributed by atoms with Crippen molar-refractivity contribution in [3.63, 3.8) is 0 Å². The van der Waals surface area contributed by atoms with Gasteiger partial charge in [-0.25, -0.2) is 0 Å². The lowest BCUT2D eigenvalue weighted by molar-refractivity contribution is -0.117. The van der Waals surface area contributed by atoms with Gasteiger partial charge in [-0.3, -0.25) is 9.69 Å². The van der Waals surface area contributed by atoms with Gasteiger partial charge in [-0.15, -0.1) is 0 Å². The number of halogens is 1. The Kier molecular flexibility index (Phi) is 5.06. The molecule has 0 bridgehead atoms. The largest absolute Gasteiger partial charge is 0.495 e. The zero-order valence-electron chi connectivity index (χ0n) is 13.7. The van der Waals surface area contributed by atoms with E-state index in [4.69, 9.17) is 20.9 Å². The van der Waals surface area contributed by atoms with Crippen molar-refractivity contribution in [1.82, 2.24) is 10.1 Å². The van der Waals surface area contributed by atoms with Crippen molar-refractivity contribution < 1.29 is 14.1 Å². The number of aromatic nitrogens is 1. The van der Waals surface area contributed by atoms with Crippen LogP contribution >= 0.6 is 11.6 Å². The predicted molar refractivity (Wildman–Crippen MR) is 91.4 cm³/mol. The lowest BCUT2D eigenvalue weighted by Gasteiger charge is -2.21. The Morgan fingerprint density at radius 2 is 2.33 bits per heavy atom. The van der Waals surface area contributed by atoms with Gasteiger partial charge in [-0.1, -0.05) is 16.8 Å². The zero-order chi connectivity index (χ0) is 17.1. The fourth-order valence-corrected chi connectivity index (χ4v) is 3.20. The molecular weight excluding hydrogens is 330 g/mol. The van der Waals surface area contributed by atoms with Gasteiger partial charge in [-0.2, -0.15) is 0 Å². The third-order valence-corrected chi connectivity index (χ3v) is 4.43. The van der Waals surface area contributed by atoms with Crippen LogP contribution in [0.25, 0.3) is 0 Å². The molecule has 1 saturated heterocycles. The minimum Gasteiger partial charge on any atom is -0.495 e. The second-order valence-corrected chi connectivity index (χ2v) is 6.30. The van der Waals surface area contributed by atoms with Crippen LogP contribution in [0.2, 0.25) is 5.02 Å². The molecule has 2 heterocycles. The number of carbonyl (C=O) groups is 1. The molecule has 128 valence electrons. The smallest absolute Gasteiger partial charge is 0.238 e. The van der Waals surface area contributed by atoms with Crippen LogP contribution in [-0.4, -0.2) is 36.2 Å². The predicted octanol–water partition coefficient (Wildman–Crippen LogP) is 3.42. The number of benzene rings is 1. The van der Waals surface area contributed by atoms with E-state index in [0.717, 1.165) is 30.8 Å². The van der Waals surface area contributed by atoms with Crippen LogP contribution in [0.15, 0.2) is 28.8 Å². The zero-order valence-corrected chi connectivity index (χ0v) is 14.5. The van der Waals surface area contributed by atoms with Crippen molar-refractivity contribution >= 4 is 23.2 Å². The summed E-state index contributed by atoms with van der Waals surface area (Å²) in [5.74, 6) is 1.28. The fraction of sp³-hybridized carbons (Fsp3) is 0.412. The molecule has 2 aromatic rings. The molecule has 0 spiro atoms. The average molecular weight is 350 g/mol. The summed E-state index contributed by atoms with van der Waals surface area (Å²) >= 11 is 6.00. The molecule has 24 heavy (non-hydrogen) atoms. The molecule has 1 aliphatic heterocycles. The molecule has 1 aromatic heterocycles. The van der Waals surface area contributed by atoms with E-state index in [0.29, 0.717) is 23.0 Å². The number of hydrogen-bond acceptors (Lipinski definition) is 5. The number of anilines is 1. The summed E-state index contributed by atoms with van der Waals surface area (Å²) in [4.78, 5) is 14.5. The summed E-state index contributed by atoms with van der Waals surface area (Å²) in [6, 6.07) is 7.21. The van der Waals surface area contributed by atoms with Gasteiger partial charge in [0.1, 0.15) is 5.75 Å². The number of amides is 1. The summed E-state index contributed by atoms with van der Waals surface area (Å²) in [6.07, 6.45) is 2.00. The third kappa shape index (κ3) is 3.71. The van der Waals surface area contributed by atoms with Crippen LogP contribution in [0.5, 0.6) is 5.75 Å². The van der Waals surface area contributed by atoms with E-state index in [1.165, 1.54) is 0 Å². The molecule has 3 rings (SSSR count). The highest BCUT2D eigenvalue weighted by molar-refractivity contribution is 6.32. The SMILES string of the molecule is COc1cc(NC(=O)CN2CCC[C@H]2c2cc(C)no2)ccc1Cl. The normalized spacial score (nSPS) is 17.9. The Hall–Kier alpha value is -2.05. The monoisotopic (exact) mass is 349 g/mol. The number of ether oxygens (including phenoxy) is 1. The first kappa shape index (κ1) is 16.8. The number of hydrogen-bond donors (Lipinski definition) is 1. The molecule has 7 heteroatoms. The molecule has 1 aliphatic rings. The van der Waals surface area contributed by atoms with Gasteiger partial charge in [-0.05, 0) is 38.4 Å². The Balaban J connectivity index is 1.64. The summed E-state index contributed by atoms with van der Waals surface area (Å²) in [6.45, 7) is 3.06. The van der Waals surface area contributed by atoms with E-state index in [2.05, 4.69) is 15.4 Å². The van der Waals surface area contributed by atoms with Gasteiger partial charge in [0.15, 0.2) is 5.76 Å². The van der Waals surface area contributed by atoms with Crippen LogP contribution in [0.1, 0.15) is 30.3 Å². The van der Waals surface area contributed by atoms with E-state index in [1.54, 1.807) is 25.3 Å². The van der Waals surface area contributed by atoms with Crippen molar-refractivity contribution in [3.8, 4) is 5.75 Å². The van der Waals surface area contributed by atoms with Gasteiger partial charge in [0, 0.05) is 17.8 Å². The number of rotatable bonds is 5. The lowest BCUT2D eigenvalue weighted by Crippen LogP contribution is -2.32. The molecule has 1 atom stereocenters. The standard InChI is InChI=1S/C17H20ClN3O3/c1-11-8-16(24-20-11)14-4-3-7-21(14)10-17(22)19-12-5-6-13(18)15(9-12)23-2/h5-6,8-9,14H,3-4,7,10H2,1-2H3,(H,19,22)/t14-/m0/s1. The van der Waals surface area contributed by atoms with Crippen molar-refractivity contribution in [2.75, 3.05) is 25.5 Å². The second-order valence-electron chi connectivity index (χ2n) is 5.90. The molecule has 0 radical (unpaired) electrons. The maximum Gasteiger partial charge on any atom is 0.238 e. The minimum atomic E-state index is -0.0810. The quantitative estimate of drug-likeness (QED) is 0.895. The molecule has 6 nitrogen and oxygen atoms in total. The van der Waals surface area contributed by atoms with E-state index in [9.17, 15) is 4.79 Å². The fourth-order valence-electron chi connectivity index (χ4n) is 3.00. The number of carbonyl (C=O) groups excluding carboxylic acids is 1. The Morgan fingerprint density at radius 1 is 1.50 bits per heavy atom. The van der Waals surface area contributed by atoms with Gasteiger partial charge in [0.2, 0.25) is 5.91 Å². The van der Waals surface area contributed by atoms with E-state index in [-0.39, 0.29) is 11.9 Å². The Morgan fingerprint density at radius 3 is 3.04 bits per heavy atom. The van der Waals surface area contributed by atoms with Gasteiger partial charge in [0.25, 0.3) is 0 Å². The van der Waals surface area contributed by atoms with Crippen LogP contribution in [0, 0.1) is 6.92 Å². The van der Waals surface area contributed by atoms with Gasteiger partial charge < -0.3 is 14.6 Å². The van der Waals surface area contributed by atoms with E-state index >= 15 is 0 Å². The topological polar surface area (TPSA) is 67.6 Å². The van der Waals surface area contributed by atoms with Crippen molar-refractivity contribution in [2.45, 2.75) is 25.8 Å². The summed E-state index contributed by atoms with van der Waals surface area (Å²) in [5.41, 5.74) is 1.52. The second kappa shape index (κ2) is 7.23. The minimum absolute atomic E-state index is 0.0810. The highest BCUT2D eigenvalue weighted by Crippen LogP contribution is 2.32. The third-order valence-electron chi connectivity index (χ3n) is 4.12. The summed E-state index contributed by atoms with van der Waals surface area (Å²) < 4.78 is 10.5. The molecule has 1 N–H and O–H groups in total. The Labute approximate surface area is 145 Å². The van der Waals surface area contributed by atoms with Crippen LogP contribution in [0.4, 0.5) is 5.69 Å². The molecule has 1 fully saturated rings. The summed E-state index contributed by atoms with van der Waals surface area (Å²) in [5, 5.41) is 7.33. The van der Waals surface area contributed by atoms with E-state index in [1.807, 2.05) is 13.0 Å². The first-order chi connectivity index (χ1) is 11.6. The van der Waals surface area contributed by atoms with Gasteiger partial charge >= 0.3 is 0 Å². The maximum atomic E-state index is 12.4. The van der Waals surface area contributed by atoms with Gasteiger partial charge in [0.05, 0.1) is 30.4 Å². The lowest BCUT2D eigenvalue weighted by atomic mass is 10.1. The highest BCUT2D eigenvalue weighted by atomic mass is 35.5. The maximum absolute atomic E-state index is 12.4. The number of likely N-dealkylation sites (tertiary alicyclic amines) is 1. The number of aryl methyl sites for hydroxylation is 1. The Bertz CT molecular complexity index is 732. The molecular formula is C17H20ClN3O3. The van der Waals surface area contributed by atoms with Crippen molar-refractivity contribution in [3.05, 3.63) is 40.7 Å². The highest BCUT2D eigenvalue weighted by Gasteiger charge is 2.30. The molecule has 1 aromatic carbocycles. The molecule has 0 unspecified atom stereocenters. The van der Waals surface area contributed by atoms with E-state index < -0.39 is 0 Å². The van der Waals surface area contributed by atoms with Crippen LogP contribution in [-0.2, 0) is 4.79 Å². The molecule has 0 saturated carbocycles. The first-order valence-electron chi connectivity index (χ1n) is 7.87. The number of nitrogens with one attached hydrogen (secondary N) is 1. The molecule has 1 amide bonds. The van der Waals surface area contributed by atoms with Crippen LogP contribution < -0.4 is 10.1 Å². The number of nitrogens with zero attached hydrogens (tertiary/aromatic N) is 2. The number of methoxy groups -OCH3 is 1. The first-order valence-corrected chi connectivity index (χ1v) is 8.25. The molecule has 0 aliphatic carbocycles.